The summed E-state index contributed by atoms with van der Waals surface area (Å²) in [4.78, 5) is 12.3. The van der Waals surface area contributed by atoms with Crippen LogP contribution in [-0.2, 0) is 0 Å². The molecule has 0 unspecified atom stereocenters. The van der Waals surface area contributed by atoms with E-state index >= 15 is 0 Å². The van der Waals surface area contributed by atoms with E-state index < -0.39 is 5.56 Å². The van der Waals surface area contributed by atoms with Crippen molar-refractivity contribution in [1.82, 2.24) is 4.68 Å². The van der Waals surface area contributed by atoms with Crippen LogP contribution >= 0.6 is 0 Å². The van der Waals surface area contributed by atoms with Crippen molar-refractivity contribution >= 4 is 6.21 Å². The van der Waals surface area contributed by atoms with Crippen molar-refractivity contribution in [3.8, 4) is 11.8 Å². The highest BCUT2D eigenvalue weighted by atomic mass is 16.5. The van der Waals surface area contributed by atoms with E-state index in [1.807, 2.05) is 30.3 Å². The Kier molecular flexibility index (Phi) is 6.13. The highest BCUT2D eigenvalue weighted by Crippen LogP contribution is 2.13. The summed E-state index contributed by atoms with van der Waals surface area (Å²) in [5.74, 6) is 1.43. The van der Waals surface area contributed by atoms with E-state index in [9.17, 15) is 4.79 Å². The van der Waals surface area contributed by atoms with E-state index in [0.717, 1.165) is 17.7 Å². The maximum Gasteiger partial charge on any atom is 0.289 e. The molecule has 0 atom stereocenters. The SMILES string of the molecule is Cc1cc(C)n(/N=C\c2ccc(OCCC(C)C)cc2)c(=O)c1C#N. The zero-order chi connectivity index (χ0) is 18.4. The van der Waals surface area contributed by atoms with Crippen molar-refractivity contribution in [2.45, 2.75) is 34.1 Å². The first-order valence-corrected chi connectivity index (χ1v) is 8.33. The number of aromatic nitrogens is 1. The molecule has 0 N–H and O–H groups in total. The molecule has 5 nitrogen and oxygen atoms in total. The number of benzene rings is 1. The third kappa shape index (κ3) is 4.80. The van der Waals surface area contributed by atoms with Gasteiger partial charge in [-0.15, -0.1) is 0 Å². The third-order valence-electron chi connectivity index (χ3n) is 3.84. The lowest BCUT2D eigenvalue weighted by molar-refractivity contribution is 0.289. The normalized spacial score (nSPS) is 11.0. The Hall–Kier alpha value is -2.87. The van der Waals surface area contributed by atoms with Crippen molar-refractivity contribution in [3.63, 3.8) is 0 Å². The molecule has 0 saturated carbocycles. The third-order valence-corrected chi connectivity index (χ3v) is 3.84. The van der Waals surface area contributed by atoms with E-state index in [-0.39, 0.29) is 5.56 Å². The molecule has 0 radical (unpaired) electrons. The first kappa shape index (κ1) is 18.5. The molecule has 1 aromatic heterocycles. The first-order chi connectivity index (χ1) is 11.9. The second-order valence-corrected chi connectivity index (χ2v) is 6.42. The molecule has 1 heterocycles. The Balaban J connectivity index is 2.15. The van der Waals surface area contributed by atoms with Crippen molar-refractivity contribution in [2.24, 2.45) is 11.0 Å². The van der Waals surface area contributed by atoms with Gasteiger partial charge in [-0.1, -0.05) is 13.8 Å². The van der Waals surface area contributed by atoms with Crippen LogP contribution in [0.4, 0.5) is 0 Å². The van der Waals surface area contributed by atoms with Gasteiger partial charge in [-0.2, -0.15) is 10.4 Å². The standard InChI is InChI=1S/C20H23N3O2/c1-14(2)9-10-25-18-7-5-17(6-8-18)13-22-23-16(4)11-15(3)19(12-21)20(23)24/h5-8,11,13-14H,9-10H2,1-4H3/b22-13-. The van der Waals surface area contributed by atoms with Crippen LogP contribution in [0, 0.1) is 31.1 Å². The molecule has 0 bridgehead atoms. The molecule has 0 fully saturated rings. The van der Waals surface area contributed by atoms with Crippen LogP contribution in [0.3, 0.4) is 0 Å². The van der Waals surface area contributed by atoms with Gasteiger partial charge in [0.2, 0.25) is 0 Å². The number of nitriles is 1. The molecule has 2 rings (SSSR count). The molecular weight excluding hydrogens is 314 g/mol. The number of hydrogen-bond acceptors (Lipinski definition) is 4. The molecule has 5 heteroatoms. The van der Waals surface area contributed by atoms with E-state index in [1.54, 1.807) is 26.1 Å². The molecule has 25 heavy (non-hydrogen) atoms. The highest BCUT2D eigenvalue weighted by molar-refractivity contribution is 5.79. The minimum absolute atomic E-state index is 0.122. The van der Waals surface area contributed by atoms with Gasteiger partial charge in [0.15, 0.2) is 0 Å². The smallest absolute Gasteiger partial charge is 0.289 e. The Labute approximate surface area is 148 Å². The van der Waals surface area contributed by atoms with Crippen LogP contribution in [0.5, 0.6) is 5.75 Å². The van der Waals surface area contributed by atoms with Gasteiger partial charge in [0.05, 0.1) is 12.8 Å². The van der Waals surface area contributed by atoms with Crippen LogP contribution < -0.4 is 10.3 Å². The summed E-state index contributed by atoms with van der Waals surface area (Å²) in [7, 11) is 0. The van der Waals surface area contributed by atoms with E-state index in [2.05, 4.69) is 18.9 Å². The number of ether oxygens (including phenoxy) is 1. The van der Waals surface area contributed by atoms with E-state index in [0.29, 0.717) is 23.8 Å². The average molecular weight is 337 g/mol. The van der Waals surface area contributed by atoms with Crippen LogP contribution in [0.1, 0.15) is 42.7 Å². The summed E-state index contributed by atoms with van der Waals surface area (Å²) in [6.07, 6.45) is 2.61. The summed E-state index contributed by atoms with van der Waals surface area (Å²) < 4.78 is 6.93. The quantitative estimate of drug-likeness (QED) is 0.756. The summed E-state index contributed by atoms with van der Waals surface area (Å²) in [6.45, 7) is 8.56. The topological polar surface area (TPSA) is 67.4 Å². The molecule has 0 saturated heterocycles. The van der Waals surface area contributed by atoms with E-state index in [4.69, 9.17) is 10.00 Å². The van der Waals surface area contributed by atoms with Gasteiger partial charge in [0, 0.05) is 5.69 Å². The lowest BCUT2D eigenvalue weighted by Gasteiger charge is -2.08. The molecular formula is C20H23N3O2. The molecule has 0 aliphatic rings. The maximum atomic E-state index is 12.3. The second kappa shape index (κ2) is 8.29. The molecule has 0 spiro atoms. The fourth-order valence-electron chi connectivity index (χ4n) is 2.35. The number of pyridine rings is 1. The number of hydrogen-bond donors (Lipinski definition) is 0. The van der Waals surface area contributed by atoms with Crippen LogP contribution in [0.15, 0.2) is 40.2 Å². The monoisotopic (exact) mass is 337 g/mol. The molecule has 1 aromatic carbocycles. The largest absolute Gasteiger partial charge is 0.494 e. The van der Waals surface area contributed by atoms with Crippen molar-refractivity contribution in [3.05, 3.63) is 63.1 Å². The van der Waals surface area contributed by atoms with Crippen molar-refractivity contribution in [1.29, 1.82) is 5.26 Å². The zero-order valence-electron chi connectivity index (χ0n) is 15.1. The predicted molar refractivity (Wildman–Crippen MR) is 99.3 cm³/mol. The first-order valence-electron chi connectivity index (χ1n) is 8.33. The number of nitrogens with zero attached hydrogens (tertiary/aromatic N) is 3. The highest BCUT2D eigenvalue weighted by Gasteiger charge is 2.08. The Morgan fingerprint density at radius 2 is 1.96 bits per heavy atom. The van der Waals surface area contributed by atoms with E-state index in [1.165, 1.54) is 4.68 Å². The minimum atomic E-state index is -0.398. The van der Waals surface area contributed by atoms with Gasteiger partial charge in [-0.05, 0) is 67.6 Å². The van der Waals surface area contributed by atoms with Crippen LogP contribution in [0.2, 0.25) is 0 Å². The predicted octanol–water partition coefficient (Wildman–Crippen LogP) is 3.64. The fraction of sp³-hybridized carbons (Fsp3) is 0.350. The van der Waals surface area contributed by atoms with Gasteiger partial charge in [-0.3, -0.25) is 4.79 Å². The lowest BCUT2D eigenvalue weighted by Crippen LogP contribution is -2.22. The van der Waals surface area contributed by atoms with Crippen LogP contribution in [-0.4, -0.2) is 17.5 Å². The second-order valence-electron chi connectivity index (χ2n) is 6.42. The zero-order valence-corrected chi connectivity index (χ0v) is 15.1. The molecule has 0 aliphatic carbocycles. The summed E-state index contributed by atoms with van der Waals surface area (Å²) in [5, 5.41) is 13.3. The Morgan fingerprint density at radius 3 is 2.56 bits per heavy atom. The average Bonchev–Trinajstić information content (AvgIpc) is 2.55. The maximum absolute atomic E-state index is 12.3. The molecule has 0 aliphatic heterocycles. The lowest BCUT2D eigenvalue weighted by atomic mass is 10.1. The Morgan fingerprint density at radius 1 is 1.28 bits per heavy atom. The van der Waals surface area contributed by atoms with Gasteiger partial charge >= 0.3 is 0 Å². The Bertz CT molecular complexity index is 856. The van der Waals surface area contributed by atoms with Crippen LogP contribution in [0.25, 0.3) is 0 Å². The van der Waals surface area contributed by atoms with Gasteiger partial charge in [0.25, 0.3) is 5.56 Å². The summed E-state index contributed by atoms with van der Waals surface area (Å²) >= 11 is 0. The minimum Gasteiger partial charge on any atom is -0.494 e. The van der Waals surface area contributed by atoms with Crippen molar-refractivity contribution in [2.75, 3.05) is 6.61 Å². The fourth-order valence-corrected chi connectivity index (χ4v) is 2.35. The molecule has 2 aromatic rings. The summed E-state index contributed by atoms with van der Waals surface area (Å²) in [5.41, 5.74) is 1.92. The molecule has 0 amide bonds. The molecule has 130 valence electrons. The van der Waals surface area contributed by atoms with Crippen molar-refractivity contribution < 1.29 is 4.74 Å². The summed E-state index contributed by atoms with van der Waals surface area (Å²) in [6, 6.07) is 11.3. The number of aryl methyl sites for hydroxylation is 2. The number of rotatable bonds is 6. The van der Waals surface area contributed by atoms with Gasteiger partial charge < -0.3 is 4.74 Å². The van der Waals surface area contributed by atoms with Gasteiger partial charge in [0.1, 0.15) is 17.4 Å². The van der Waals surface area contributed by atoms with Gasteiger partial charge in [-0.25, -0.2) is 4.68 Å².